The summed E-state index contributed by atoms with van der Waals surface area (Å²) in [6.07, 6.45) is 4.33. The zero-order valence-electron chi connectivity index (χ0n) is 12.0. The maximum absolute atomic E-state index is 12.3. The molecule has 1 amide bonds. The van der Waals surface area contributed by atoms with Gasteiger partial charge in [0.25, 0.3) is 0 Å². The molecule has 1 atom stereocenters. The molecule has 1 heterocycles. The molecule has 19 heavy (non-hydrogen) atoms. The number of piperidine rings is 1. The first-order valence-corrected chi connectivity index (χ1v) is 7.15. The summed E-state index contributed by atoms with van der Waals surface area (Å²) in [5, 5.41) is 0. The second kappa shape index (κ2) is 6.71. The number of carbonyl (C=O) groups is 1. The molecule has 3 nitrogen and oxygen atoms in total. The van der Waals surface area contributed by atoms with Gasteiger partial charge in [-0.2, -0.15) is 0 Å². The van der Waals surface area contributed by atoms with E-state index >= 15 is 0 Å². The van der Waals surface area contributed by atoms with Crippen molar-refractivity contribution in [3.05, 3.63) is 35.9 Å². The molecular weight excluding hydrogens is 236 g/mol. The first kappa shape index (κ1) is 14.1. The highest BCUT2D eigenvalue weighted by atomic mass is 16.2. The summed E-state index contributed by atoms with van der Waals surface area (Å²) < 4.78 is 0. The van der Waals surface area contributed by atoms with Gasteiger partial charge >= 0.3 is 0 Å². The number of carbonyl (C=O) groups excluding carboxylic acids is 1. The maximum Gasteiger partial charge on any atom is 0.224 e. The van der Waals surface area contributed by atoms with Crippen LogP contribution in [0.15, 0.2) is 30.3 Å². The molecule has 1 saturated heterocycles. The van der Waals surface area contributed by atoms with Crippen molar-refractivity contribution in [2.75, 3.05) is 20.6 Å². The Morgan fingerprint density at radius 2 is 2.05 bits per heavy atom. The summed E-state index contributed by atoms with van der Waals surface area (Å²) in [7, 11) is 4.03. The SMILES string of the molecule is CN(Cc1ccccc1)C(=O)CC1CCCCN1C. The van der Waals surface area contributed by atoms with E-state index in [0.29, 0.717) is 19.0 Å². The third-order valence-corrected chi connectivity index (χ3v) is 4.02. The molecule has 0 saturated carbocycles. The van der Waals surface area contributed by atoms with E-state index in [2.05, 4.69) is 24.1 Å². The highest BCUT2D eigenvalue weighted by molar-refractivity contribution is 5.76. The summed E-state index contributed by atoms with van der Waals surface area (Å²) in [6, 6.07) is 10.6. The number of benzene rings is 1. The van der Waals surface area contributed by atoms with Gasteiger partial charge in [-0.1, -0.05) is 36.8 Å². The molecule has 0 radical (unpaired) electrons. The molecule has 104 valence electrons. The van der Waals surface area contributed by atoms with Crippen molar-refractivity contribution in [3.63, 3.8) is 0 Å². The molecule has 1 fully saturated rings. The van der Waals surface area contributed by atoms with E-state index in [4.69, 9.17) is 0 Å². The highest BCUT2D eigenvalue weighted by Crippen LogP contribution is 2.18. The molecule has 1 aliphatic heterocycles. The molecule has 1 aromatic rings. The molecule has 0 aromatic heterocycles. The van der Waals surface area contributed by atoms with Crippen LogP contribution in [-0.2, 0) is 11.3 Å². The normalized spacial score (nSPS) is 20.2. The lowest BCUT2D eigenvalue weighted by molar-refractivity contribution is -0.131. The maximum atomic E-state index is 12.3. The van der Waals surface area contributed by atoms with Crippen molar-refractivity contribution >= 4 is 5.91 Å². The van der Waals surface area contributed by atoms with Crippen LogP contribution >= 0.6 is 0 Å². The predicted octanol–water partition coefficient (Wildman–Crippen LogP) is 2.52. The molecule has 2 rings (SSSR count). The van der Waals surface area contributed by atoms with Crippen LogP contribution in [-0.4, -0.2) is 42.4 Å². The van der Waals surface area contributed by atoms with E-state index in [9.17, 15) is 4.79 Å². The Hall–Kier alpha value is -1.35. The van der Waals surface area contributed by atoms with Crippen molar-refractivity contribution in [2.24, 2.45) is 0 Å². The van der Waals surface area contributed by atoms with Crippen LogP contribution in [0.25, 0.3) is 0 Å². The van der Waals surface area contributed by atoms with E-state index < -0.39 is 0 Å². The van der Waals surface area contributed by atoms with Gasteiger partial charge in [-0.05, 0) is 32.0 Å². The fourth-order valence-corrected chi connectivity index (χ4v) is 2.70. The van der Waals surface area contributed by atoms with Crippen LogP contribution in [0.2, 0.25) is 0 Å². The number of hydrogen-bond donors (Lipinski definition) is 0. The van der Waals surface area contributed by atoms with Crippen molar-refractivity contribution in [2.45, 2.75) is 38.3 Å². The predicted molar refractivity (Wildman–Crippen MR) is 77.8 cm³/mol. The summed E-state index contributed by atoms with van der Waals surface area (Å²) >= 11 is 0. The smallest absolute Gasteiger partial charge is 0.224 e. The number of likely N-dealkylation sites (tertiary alicyclic amines) is 1. The highest BCUT2D eigenvalue weighted by Gasteiger charge is 2.23. The van der Waals surface area contributed by atoms with Crippen LogP contribution in [0.5, 0.6) is 0 Å². The van der Waals surface area contributed by atoms with Crippen molar-refractivity contribution in [1.82, 2.24) is 9.80 Å². The molecule has 0 bridgehead atoms. The average molecular weight is 260 g/mol. The topological polar surface area (TPSA) is 23.6 Å². The lowest BCUT2D eigenvalue weighted by Crippen LogP contribution is -2.40. The number of rotatable bonds is 4. The monoisotopic (exact) mass is 260 g/mol. The minimum absolute atomic E-state index is 0.252. The standard InChI is InChI=1S/C16H24N2O/c1-17-11-7-6-10-15(17)12-16(19)18(2)13-14-8-4-3-5-9-14/h3-5,8-9,15H,6-7,10-13H2,1-2H3. The number of hydrogen-bond acceptors (Lipinski definition) is 2. The van der Waals surface area contributed by atoms with Crippen LogP contribution < -0.4 is 0 Å². The van der Waals surface area contributed by atoms with Crippen LogP contribution in [0.1, 0.15) is 31.2 Å². The van der Waals surface area contributed by atoms with Crippen LogP contribution in [0, 0.1) is 0 Å². The van der Waals surface area contributed by atoms with Gasteiger partial charge in [-0.25, -0.2) is 0 Å². The van der Waals surface area contributed by atoms with Gasteiger partial charge in [-0.15, -0.1) is 0 Å². The fraction of sp³-hybridized carbons (Fsp3) is 0.562. The second-order valence-corrected chi connectivity index (χ2v) is 5.57. The van der Waals surface area contributed by atoms with Gasteiger partial charge in [0.1, 0.15) is 0 Å². The van der Waals surface area contributed by atoms with Crippen LogP contribution in [0.4, 0.5) is 0 Å². The third-order valence-electron chi connectivity index (χ3n) is 4.02. The Bertz CT molecular complexity index is 404. The quantitative estimate of drug-likeness (QED) is 0.830. The largest absolute Gasteiger partial charge is 0.341 e. The summed E-state index contributed by atoms with van der Waals surface area (Å²) in [5.41, 5.74) is 1.19. The number of nitrogens with zero attached hydrogens (tertiary/aromatic N) is 2. The molecule has 1 aromatic carbocycles. The second-order valence-electron chi connectivity index (χ2n) is 5.57. The van der Waals surface area contributed by atoms with E-state index in [-0.39, 0.29) is 5.91 Å². The van der Waals surface area contributed by atoms with Gasteiger partial charge in [-0.3, -0.25) is 4.79 Å². The fourth-order valence-electron chi connectivity index (χ4n) is 2.70. The Morgan fingerprint density at radius 1 is 1.32 bits per heavy atom. The minimum Gasteiger partial charge on any atom is -0.341 e. The Kier molecular flexibility index (Phi) is 4.97. The van der Waals surface area contributed by atoms with Gasteiger partial charge in [0, 0.05) is 26.1 Å². The molecule has 1 aliphatic rings. The summed E-state index contributed by atoms with van der Waals surface area (Å²) in [6.45, 7) is 1.83. The average Bonchev–Trinajstić information content (AvgIpc) is 2.42. The van der Waals surface area contributed by atoms with Gasteiger partial charge in [0.2, 0.25) is 5.91 Å². The number of amides is 1. The lowest BCUT2D eigenvalue weighted by Gasteiger charge is -2.33. The molecule has 0 aliphatic carbocycles. The Balaban J connectivity index is 1.85. The molecule has 1 unspecified atom stereocenters. The van der Waals surface area contributed by atoms with Crippen molar-refractivity contribution in [1.29, 1.82) is 0 Å². The lowest BCUT2D eigenvalue weighted by atomic mass is 9.99. The van der Waals surface area contributed by atoms with Gasteiger partial charge in [0.15, 0.2) is 0 Å². The van der Waals surface area contributed by atoms with E-state index in [1.54, 1.807) is 0 Å². The first-order chi connectivity index (χ1) is 9.16. The molecule has 0 spiro atoms. The van der Waals surface area contributed by atoms with E-state index in [1.807, 2.05) is 30.1 Å². The molecule has 0 N–H and O–H groups in total. The van der Waals surface area contributed by atoms with Gasteiger partial charge in [0.05, 0.1) is 0 Å². The third kappa shape index (κ3) is 4.06. The van der Waals surface area contributed by atoms with Crippen LogP contribution in [0.3, 0.4) is 0 Å². The first-order valence-electron chi connectivity index (χ1n) is 7.15. The molecular formula is C16H24N2O. The van der Waals surface area contributed by atoms with E-state index in [1.165, 1.54) is 18.4 Å². The Labute approximate surface area is 116 Å². The minimum atomic E-state index is 0.252. The molecule has 3 heteroatoms. The van der Waals surface area contributed by atoms with Crippen molar-refractivity contribution < 1.29 is 4.79 Å². The summed E-state index contributed by atoms with van der Waals surface area (Å²) in [5.74, 6) is 0.252. The Morgan fingerprint density at radius 3 is 2.74 bits per heavy atom. The zero-order valence-corrected chi connectivity index (χ0v) is 12.0. The van der Waals surface area contributed by atoms with Crippen molar-refractivity contribution in [3.8, 4) is 0 Å². The zero-order chi connectivity index (χ0) is 13.7. The van der Waals surface area contributed by atoms with Gasteiger partial charge < -0.3 is 9.80 Å². The van der Waals surface area contributed by atoms with E-state index in [0.717, 1.165) is 13.0 Å². The summed E-state index contributed by atoms with van der Waals surface area (Å²) in [4.78, 5) is 16.4.